The average molecular weight is 644 g/mol. The number of H-pyrrole nitrogens is 1. The van der Waals surface area contributed by atoms with Crippen molar-refractivity contribution in [1.29, 1.82) is 0 Å². The molecule has 6 atom stereocenters. The average Bonchev–Trinajstić information content (AvgIpc) is 3.19. The highest BCUT2D eigenvalue weighted by atomic mass is 31.2. The largest absolute Gasteiger partial charge is 0.460 e. The number of aromatic amines is 1. The Morgan fingerprint density at radius 1 is 1.18 bits per heavy atom. The molecule has 1 aliphatic rings. The van der Waals surface area contributed by atoms with E-state index in [9.17, 15) is 42.3 Å². The van der Waals surface area contributed by atoms with Crippen LogP contribution in [0.4, 0.5) is 13.2 Å². The highest BCUT2D eigenvalue weighted by molar-refractivity contribution is 7.52. The number of nitrogens with zero attached hydrogens (tertiary/aromatic N) is 1. The summed E-state index contributed by atoms with van der Waals surface area (Å²) in [6, 6.07) is 11.4. The lowest BCUT2D eigenvalue weighted by atomic mass is 10.1. The highest BCUT2D eigenvalue weighted by Crippen LogP contribution is 2.47. The van der Waals surface area contributed by atoms with Gasteiger partial charge in [0.15, 0.2) is 12.0 Å². The molecule has 2 heterocycles. The summed E-state index contributed by atoms with van der Waals surface area (Å²) in [6.45, 7) is 0.0237. The Kier molecular flexibility index (Phi) is 9.80. The summed E-state index contributed by atoms with van der Waals surface area (Å²) in [6.07, 6.45) is -9.30. The second kappa shape index (κ2) is 13.0. The van der Waals surface area contributed by atoms with Crippen molar-refractivity contribution >= 4 is 13.7 Å². The third kappa shape index (κ3) is 7.81. The molecule has 3 aromatic rings. The van der Waals surface area contributed by atoms with E-state index in [4.69, 9.17) is 24.3 Å². The van der Waals surface area contributed by atoms with Crippen molar-refractivity contribution in [2.24, 2.45) is 5.73 Å². The van der Waals surface area contributed by atoms with Crippen LogP contribution < -0.4 is 26.6 Å². The predicted molar refractivity (Wildman–Crippen MR) is 145 cm³/mol. The van der Waals surface area contributed by atoms with Crippen molar-refractivity contribution in [3.8, 4) is 5.75 Å². The highest BCUT2D eigenvalue weighted by Gasteiger charge is 2.54. The van der Waals surface area contributed by atoms with Gasteiger partial charge in [0.1, 0.15) is 37.2 Å². The van der Waals surface area contributed by atoms with Crippen LogP contribution >= 0.6 is 7.75 Å². The lowest BCUT2D eigenvalue weighted by Crippen LogP contribution is -2.54. The normalized spacial score (nSPS) is 23.9. The van der Waals surface area contributed by atoms with Gasteiger partial charge in [0.2, 0.25) is 0 Å². The number of hydrogen-bond acceptors (Lipinski definition) is 11. The van der Waals surface area contributed by atoms with E-state index >= 15 is 0 Å². The summed E-state index contributed by atoms with van der Waals surface area (Å²) in [4.78, 5) is 38.2. The van der Waals surface area contributed by atoms with Gasteiger partial charge in [-0.15, -0.1) is 0 Å². The molecule has 238 valence electrons. The number of aliphatic hydroxyl groups excluding tert-OH is 2. The van der Waals surface area contributed by atoms with Crippen molar-refractivity contribution in [2.45, 2.75) is 49.9 Å². The van der Waals surface area contributed by atoms with Gasteiger partial charge in [-0.05, 0) is 30.7 Å². The molecule has 14 nitrogen and oxygen atoms in total. The van der Waals surface area contributed by atoms with E-state index in [0.717, 1.165) is 35.0 Å². The van der Waals surface area contributed by atoms with Crippen molar-refractivity contribution in [3.05, 3.63) is 98.8 Å². The minimum atomic E-state index is -4.86. The number of esters is 1. The Morgan fingerprint density at radius 3 is 2.55 bits per heavy atom. The van der Waals surface area contributed by atoms with E-state index in [1.807, 2.05) is 4.98 Å². The van der Waals surface area contributed by atoms with Gasteiger partial charge >= 0.3 is 25.6 Å². The molecule has 1 saturated heterocycles. The Labute approximate surface area is 246 Å². The first-order valence-corrected chi connectivity index (χ1v) is 14.4. The fourth-order valence-electron chi connectivity index (χ4n) is 4.07. The zero-order chi connectivity index (χ0) is 32.3. The van der Waals surface area contributed by atoms with E-state index in [1.54, 1.807) is 30.3 Å². The van der Waals surface area contributed by atoms with E-state index in [1.165, 1.54) is 6.92 Å². The second-order valence-electron chi connectivity index (χ2n) is 9.75. The fourth-order valence-corrected chi connectivity index (χ4v) is 5.59. The molecule has 0 amide bonds. The molecule has 44 heavy (non-hydrogen) atoms. The number of nitrogens with one attached hydrogen (secondary N) is 2. The molecule has 4 rings (SSSR count). The number of alkyl halides is 3. The van der Waals surface area contributed by atoms with E-state index in [0.29, 0.717) is 11.6 Å². The maximum absolute atomic E-state index is 13.9. The molecule has 0 spiro atoms. The Balaban J connectivity index is 1.55. The van der Waals surface area contributed by atoms with Crippen LogP contribution in [0.3, 0.4) is 0 Å². The molecule has 18 heteroatoms. The zero-order valence-corrected chi connectivity index (χ0v) is 23.7. The van der Waals surface area contributed by atoms with E-state index in [-0.39, 0.29) is 6.61 Å². The molecule has 1 unspecified atom stereocenters. The number of carbonyl (C=O) groups excluding carboxylic acids is 1. The molecule has 1 aliphatic heterocycles. The van der Waals surface area contributed by atoms with Gasteiger partial charge in [-0.3, -0.25) is 29.4 Å². The topological polar surface area (TPSA) is 204 Å². The molecule has 6 N–H and O–H groups in total. The molecular weight excluding hydrogens is 616 g/mol. The predicted octanol–water partition coefficient (Wildman–Crippen LogP) is 1.39. The van der Waals surface area contributed by atoms with Gasteiger partial charge in [0.25, 0.3) is 5.56 Å². The zero-order valence-electron chi connectivity index (χ0n) is 22.8. The van der Waals surface area contributed by atoms with Crippen molar-refractivity contribution < 1.29 is 51.3 Å². The number of carbonyl (C=O) groups is 1. The van der Waals surface area contributed by atoms with Crippen LogP contribution in [-0.2, 0) is 36.1 Å². The van der Waals surface area contributed by atoms with Gasteiger partial charge in [0, 0.05) is 12.3 Å². The summed E-state index contributed by atoms with van der Waals surface area (Å²) < 4.78 is 75.8. The molecule has 0 bridgehead atoms. The van der Waals surface area contributed by atoms with E-state index in [2.05, 4.69) is 5.09 Å². The van der Waals surface area contributed by atoms with Crippen molar-refractivity contribution in [1.82, 2.24) is 14.6 Å². The minimum Gasteiger partial charge on any atom is -0.460 e. The number of ether oxygens (including phenoxy) is 2. The molecule has 0 aliphatic carbocycles. The summed E-state index contributed by atoms with van der Waals surface area (Å²) in [7, 11) is -4.86. The first-order valence-electron chi connectivity index (χ1n) is 12.8. The lowest BCUT2D eigenvalue weighted by Gasteiger charge is -2.30. The van der Waals surface area contributed by atoms with Crippen molar-refractivity contribution in [3.63, 3.8) is 0 Å². The van der Waals surface area contributed by atoms with Crippen LogP contribution in [0, 0.1) is 0 Å². The van der Waals surface area contributed by atoms with Crippen LogP contribution in [0.2, 0.25) is 0 Å². The number of halogens is 3. The first kappa shape index (κ1) is 33.1. The first-order chi connectivity index (χ1) is 20.6. The number of rotatable bonds is 11. The van der Waals surface area contributed by atoms with Gasteiger partial charge in [-0.25, -0.2) is 9.36 Å². The van der Waals surface area contributed by atoms with Gasteiger partial charge in [-0.2, -0.15) is 18.3 Å². The summed E-state index contributed by atoms with van der Waals surface area (Å²) in [5.41, 5.74) is 1.45. The minimum absolute atomic E-state index is 0.152. The van der Waals surface area contributed by atoms with Gasteiger partial charge in [0.05, 0.1) is 5.56 Å². The number of nitrogens with two attached hydrogens (primary N) is 1. The fraction of sp³-hybridized carbons (Fsp3) is 0.346. The molecular formula is C26H28F3N4O10P. The smallest absolute Gasteiger partial charge is 0.459 e. The third-order valence-corrected chi connectivity index (χ3v) is 7.98. The number of hydrogen-bond donors (Lipinski definition) is 5. The summed E-state index contributed by atoms with van der Waals surface area (Å²) >= 11 is 0. The summed E-state index contributed by atoms with van der Waals surface area (Å²) in [5, 5.41) is 23.4. The van der Waals surface area contributed by atoms with Gasteiger partial charge < -0.3 is 24.2 Å². The Hall–Kier alpha value is -3.83. The van der Waals surface area contributed by atoms with E-state index < -0.39 is 79.3 Å². The van der Waals surface area contributed by atoms with Gasteiger partial charge in [-0.1, -0.05) is 36.4 Å². The maximum atomic E-state index is 13.9. The lowest BCUT2D eigenvalue weighted by molar-refractivity contribution is -0.146. The van der Waals surface area contributed by atoms with Crippen molar-refractivity contribution in [2.75, 3.05) is 6.61 Å². The SMILES string of the molecule is C[C@H](NP(=O)(OC[C@@]1(N)O[C@@H](n2ccc(=O)[nH]c2=O)[C@H](O)[C@@H]1O)Oc1cccc(C(F)(F)F)c1)C(=O)OCc1ccccc1. The van der Waals surface area contributed by atoms with Crippen LogP contribution in [0.5, 0.6) is 5.75 Å². The van der Waals surface area contributed by atoms with Crippen LogP contribution in [0.15, 0.2) is 76.4 Å². The quantitative estimate of drug-likeness (QED) is 0.148. The monoisotopic (exact) mass is 644 g/mol. The maximum Gasteiger partial charge on any atom is 0.459 e. The summed E-state index contributed by atoms with van der Waals surface area (Å²) in [5.74, 6) is -1.50. The van der Waals surface area contributed by atoms with Crippen LogP contribution in [0.1, 0.15) is 24.3 Å². The Morgan fingerprint density at radius 2 is 1.89 bits per heavy atom. The second-order valence-corrected chi connectivity index (χ2v) is 11.4. The standard InChI is InChI=1S/C26H28F3N4O10P/c1-15(23(37)40-13-16-6-3-2-4-7-16)32-44(39,43-18-9-5-8-17(12-18)26(27,28)29)41-14-25(30)21(36)20(35)22(42-25)33-11-10-19(34)31-24(33)38/h2-12,15,20-22,35-36H,13-14,30H2,1H3,(H,32,39)(H,31,34,38)/t15-,20+,21-,22+,25+,44?/m0/s1. The Bertz CT molecular complexity index is 1640. The number of aromatic nitrogens is 2. The third-order valence-electron chi connectivity index (χ3n) is 6.36. The molecule has 0 saturated carbocycles. The molecule has 1 fully saturated rings. The number of aliphatic hydroxyl groups is 2. The van der Waals surface area contributed by atoms with Crippen LogP contribution in [0.25, 0.3) is 0 Å². The molecule has 1 aromatic heterocycles. The van der Waals surface area contributed by atoms with Crippen LogP contribution in [-0.4, -0.2) is 56.3 Å². The molecule has 2 aromatic carbocycles. The number of benzene rings is 2. The molecule has 0 radical (unpaired) electrons.